The van der Waals surface area contributed by atoms with E-state index in [2.05, 4.69) is 39.6 Å². The molecule has 0 spiro atoms. The van der Waals surface area contributed by atoms with Crippen LogP contribution < -0.4 is 5.32 Å². The molecule has 0 radical (unpaired) electrons. The molecule has 1 aliphatic rings. The maximum Gasteiger partial charge on any atom is 0.0161 e. The van der Waals surface area contributed by atoms with E-state index in [-0.39, 0.29) is 0 Å². The molecule has 112 valence electrons. The Kier molecular flexibility index (Phi) is 7.13. The van der Waals surface area contributed by atoms with Gasteiger partial charge in [0, 0.05) is 6.04 Å². The summed E-state index contributed by atoms with van der Waals surface area (Å²) in [5, 5.41) is 3.86. The summed E-state index contributed by atoms with van der Waals surface area (Å²) >= 11 is 0. The number of rotatable bonds is 9. The molecule has 1 saturated carbocycles. The molecule has 0 saturated heterocycles. The lowest BCUT2D eigenvalue weighted by Gasteiger charge is -2.40. The first-order valence-electron chi connectivity index (χ1n) is 8.44. The molecular formula is C18H35N. The zero-order chi connectivity index (χ0) is 14.3. The molecule has 0 bridgehead atoms. The van der Waals surface area contributed by atoms with Crippen molar-refractivity contribution < 1.29 is 0 Å². The van der Waals surface area contributed by atoms with Crippen LogP contribution in [0.2, 0.25) is 0 Å². The van der Waals surface area contributed by atoms with E-state index in [1.165, 1.54) is 50.5 Å². The number of hydrogen-bond acceptors (Lipinski definition) is 1. The van der Waals surface area contributed by atoms with Gasteiger partial charge in [0.2, 0.25) is 0 Å². The maximum atomic E-state index is 4.26. The van der Waals surface area contributed by atoms with Crippen molar-refractivity contribution in [2.45, 2.75) is 85.1 Å². The predicted molar refractivity (Wildman–Crippen MR) is 86.5 cm³/mol. The number of nitrogens with one attached hydrogen (secondary N) is 1. The molecule has 0 heterocycles. The summed E-state index contributed by atoms with van der Waals surface area (Å²) in [7, 11) is 0. The highest BCUT2D eigenvalue weighted by Gasteiger charge is 2.41. The normalized spacial score (nSPS) is 19.8. The summed E-state index contributed by atoms with van der Waals surface area (Å²) in [4.78, 5) is 0. The molecule has 1 rings (SSSR count). The molecule has 1 atom stereocenters. The SMILES string of the molecule is C=C(CC)CC(NCCC)C1(CC(C)C)CCCC1. The second-order valence-electron chi connectivity index (χ2n) is 6.98. The summed E-state index contributed by atoms with van der Waals surface area (Å²) in [5.41, 5.74) is 1.96. The lowest BCUT2D eigenvalue weighted by molar-refractivity contribution is 0.153. The van der Waals surface area contributed by atoms with Gasteiger partial charge in [0.1, 0.15) is 0 Å². The van der Waals surface area contributed by atoms with Gasteiger partial charge in [-0.15, -0.1) is 0 Å². The van der Waals surface area contributed by atoms with Crippen LogP contribution in [0.1, 0.15) is 79.1 Å². The van der Waals surface area contributed by atoms with Crippen molar-refractivity contribution in [2.24, 2.45) is 11.3 Å². The fourth-order valence-corrected chi connectivity index (χ4v) is 3.84. The highest BCUT2D eigenvalue weighted by atomic mass is 14.9. The quantitative estimate of drug-likeness (QED) is 0.556. The lowest BCUT2D eigenvalue weighted by Crippen LogP contribution is -2.45. The molecule has 1 aliphatic carbocycles. The third-order valence-electron chi connectivity index (χ3n) is 4.79. The summed E-state index contributed by atoms with van der Waals surface area (Å²) in [6, 6.07) is 0.657. The molecule has 1 N–H and O–H groups in total. The van der Waals surface area contributed by atoms with Gasteiger partial charge in [0.15, 0.2) is 0 Å². The standard InChI is InChI=1S/C18H35N/c1-6-12-19-17(13-16(5)7-2)18(14-15(3)4)10-8-9-11-18/h15,17,19H,5-14H2,1-4H3. The average Bonchev–Trinajstić information content (AvgIpc) is 2.82. The Morgan fingerprint density at radius 1 is 1.21 bits per heavy atom. The molecule has 0 aromatic heterocycles. The van der Waals surface area contributed by atoms with Crippen LogP contribution >= 0.6 is 0 Å². The van der Waals surface area contributed by atoms with E-state index in [0.717, 1.165) is 18.9 Å². The summed E-state index contributed by atoms with van der Waals surface area (Å²) in [5.74, 6) is 0.805. The minimum atomic E-state index is 0.543. The van der Waals surface area contributed by atoms with Gasteiger partial charge in [-0.3, -0.25) is 0 Å². The molecular weight excluding hydrogens is 230 g/mol. The third-order valence-corrected chi connectivity index (χ3v) is 4.79. The second-order valence-corrected chi connectivity index (χ2v) is 6.98. The molecule has 1 unspecified atom stereocenters. The van der Waals surface area contributed by atoms with Crippen LogP contribution in [0.5, 0.6) is 0 Å². The molecule has 19 heavy (non-hydrogen) atoms. The Bertz CT molecular complexity index is 261. The summed E-state index contributed by atoms with van der Waals surface area (Å²) < 4.78 is 0. The van der Waals surface area contributed by atoms with Crippen molar-refractivity contribution in [3.63, 3.8) is 0 Å². The van der Waals surface area contributed by atoms with Crippen molar-refractivity contribution >= 4 is 0 Å². The molecule has 1 fully saturated rings. The Balaban J connectivity index is 2.79. The van der Waals surface area contributed by atoms with E-state index < -0.39 is 0 Å². The monoisotopic (exact) mass is 265 g/mol. The topological polar surface area (TPSA) is 12.0 Å². The third kappa shape index (κ3) is 4.95. The Labute approximate surface area is 121 Å². The van der Waals surface area contributed by atoms with E-state index in [1.807, 2.05) is 0 Å². The first-order chi connectivity index (χ1) is 9.04. The van der Waals surface area contributed by atoms with Crippen LogP contribution in [-0.4, -0.2) is 12.6 Å². The fraction of sp³-hybridized carbons (Fsp3) is 0.889. The van der Waals surface area contributed by atoms with E-state index in [4.69, 9.17) is 0 Å². The van der Waals surface area contributed by atoms with Crippen LogP contribution in [0.15, 0.2) is 12.2 Å². The van der Waals surface area contributed by atoms with Crippen molar-refractivity contribution in [3.8, 4) is 0 Å². The van der Waals surface area contributed by atoms with Gasteiger partial charge in [-0.2, -0.15) is 0 Å². The van der Waals surface area contributed by atoms with Crippen LogP contribution in [0.3, 0.4) is 0 Å². The predicted octanol–water partition coefficient (Wildman–Crippen LogP) is 5.32. The van der Waals surface area contributed by atoms with Gasteiger partial charge >= 0.3 is 0 Å². The van der Waals surface area contributed by atoms with Crippen LogP contribution in [0, 0.1) is 11.3 Å². The average molecular weight is 265 g/mol. The van der Waals surface area contributed by atoms with Crippen molar-refractivity contribution in [1.82, 2.24) is 5.32 Å². The van der Waals surface area contributed by atoms with Gasteiger partial charge in [0.25, 0.3) is 0 Å². The van der Waals surface area contributed by atoms with Gasteiger partial charge in [-0.25, -0.2) is 0 Å². The van der Waals surface area contributed by atoms with Gasteiger partial charge < -0.3 is 5.32 Å². The van der Waals surface area contributed by atoms with Crippen molar-refractivity contribution in [3.05, 3.63) is 12.2 Å². The molecule has 1 heteroatoms. The zero-order valence-electron chi connectivity index (χ0n) is 13.7. The second kappa shape index (κ2) is 8.09. The highest BCUT2D eigenvalue weighted by molar-refractivity contribution is 5.04. The van der Waals surface area contributed by atoms with Crippen LogP contribution in [0.25, 0.3) is 0 Å². The van der Waals surface area contributed by atoms with Crippen LogP contribution in [0.4, 0.5) is 0 Å². The first kappa shape index (κ1) is 16.8. The molecule has 0 aromatic carbocycles. The molecule has 0 amide bonds. The lowest BCUT2D eigenvalue weighted by atomic mass is 9.70. The minimum absolute atomic E-state index is 0.543. The van der Waals surface area contributed by atoms with Gasteiger partial charge in [0.05, 0.1) is 0 Å². The fourth-order valence-electron chi connectivity index (χ4n) is 3.84. The van der Waals surface area contributed by atoms with Crippen molar-refractivity contribution in [2.75, 3.05) is 6.54 Å². The van der Waals surface area contributed by atoms with E-state index in [9.17, 15) is 0 Å². The Morgan fingerprint density at radius 3 is 2.32 bits per heavy atom. The molecule has 0 aliphatic heterocycles. The zero-order valence-corrected chi connectivity index (χ0v) is 13.7. The van der Waals surface area contributed by atoms with Crippen LogP contribution in [-0.2, 0) is 0 Å². The van der Waals surface area contributed by atoms with E-state index in [0.29, 0.717) is 11.5 Å². The first-order valence-corrected chi connectivity index (χ1v) is 8.44. The molecule has 0 aromatic rings. The van der Waals surface area contributed by atoms with Gasteiger partial charge in [-0.05, 0) is 56.4 Å². The Morgan fingerprint density at radius 2 is 1.84 bits per heavy atom. The summed E-state index contributed by atoms with van der Waals surface area (Å²) in [6.07, 6.45) is 10.6. The van der Waals surface area contributed by atoms with E-state index >= 15 is 0 Å². The summed E-state index contributed by atoms with van der Waals surface area (Å²) in [6.45, 7) is 14.7. The van der Waals surface area contributed by atoms with Crippen molar-refractivity contribution in [1.29, 1.82) is 0 Å². The maximum absolute atomic E-state index is 4.26. The van der Waals surface area contributed by atoms with E-state index in [1.54, 1.807) is 0 Å². The largest absolute Gasteiger partial charge is 0.313 e. The molecule has 1 nitrogen and oxygen atoms in total. The Hall–Kier alpha value is -0.300. The smallest absolute Gasteiger partial charge is 0.0161 e. The minimum Gasteiger partial charge on any atom is -0.313 e. The highest BCUT2D eigenvalue weighted by Crippen LogP contribution is 2.47. The number of hydrogen-bond donors (Lipinski definition) is 1. The van der Waals surface area contributed by atoms with Gasteiger partial charge in [-0.1, -0.05) is 52.7 Å².